The number of hydrogen-bond acceptors (Lipinski definition) is 8. The number of thioether (sulfide) groups is 1. The Kier molecular flexibility index (Phi) is 8.80. The Labute approximate surface area is 261 Å². The molecule has 0 aliphatic carbocycles. The third-order valence-corrected chi connectivity index (χ3v) is 8.86. The first kappa shape index (κ1) is 29.3. The summed E-state index contributed by atoms with van der Waals surface area (Å²) in [5.74, 6) is 0.138. The van der Waals surface area contributed by atoms with Crippen LogP contribution >= 0.6 is 23.1 Å². The summed E-state index contributed by atoms with van der Waals surface area (Å²) in [6.07, 6.45) is 0.527. The van der Waals surface area contributed by atoms with Gasteiger partial charge in [-0.05, 0) is 53.4 Å². The monoisotopic (exact) mass is 626 g/mol. The van der Waals surface area contributed by atoms with Crippen LogP contribution in [0.2, 0.25) is 0 Å². The van der Waals surface area contributed by atoms with Crippen LogP contribution in [0.15, 0.2) is 107 Å². The Morgan fingerprint density at radius 2 is 1.77 bits per heavy atom. The van der Waals surface area contributed by atoms with E-state index in [1.165, 1.54) is 36.0 Å². The summed E-state index contributed by atoms with van der Waals surface area (Å²) in [6, 6.07) is 26.2. The van der Waals surface area contributed by atoms with E-state index in [1.807, 2.05) is 52.4 Å². The van der Waals surface area contributed by atoms with E-state index in [1.54, 1.807) is 47.7 Å². The van der Waals surface area contributed by atoms with Crippen molar-refractivity contribution < 1.29 is 18.7 Å². The first-order valence-corrected chi connectivity index (χ1v) is 15.6. The Morgan fingerprint density at radius 3 is 2.52 bits per heavy atom. The van der Waals surface area contributed by atoms with Gasteiger partial charge in [0.1, 0.15) is 11.6 Å². The van der Waals surface area contributed by atoms with Gasteiger partial charge >= 0.3 is 0 Å². The summed E-state index contributed by atoms with van der Waals surface area (Å²) in [7, 11) is 1.52. The van der Waals surface area contributed by atoms with Crippen LogP contribution in [0.1, 0.15) is 39.1 Å². The molecule has 0 fully saturated rings. The molecule has 44 heavy (non-hydrogen) atoms. The molecule has 5 aromatic rings. The van der Waals surface area contributed by atoms with E-state index < -0.39 is 0 Å². The van der Waals surface area contributed by atoms with Gasteiger partial charge in [-0.1, -0.05) is 60.3 Å². The number of benzene rings is 3. The molecule has 3 aromatic carbocycles. The lowest BCUT2D eigenvalue weighted by atomic mass is 10.0. The molecule has 222 valence electrons. The zero-order chi connectivity index (χ0) is 30.5. The van der Waals surface area contributed by atoms with Gasteiger partial charge in [-0.25, -0.2) is 9.40 Å². The molecule has 1 aliphatic heterocycles. The highest BCUT2D eigenvalue weighted by Gasteiger charge is 2.33. The zero-order valence-corrected chi connectivity index (χ0v) is 25.2. The van der Waals surface area contributed by atoms with Gasteiger partial charge in [0.25, 0.3) is 11.8 Å². The van der Waals surface area contributed by atoms with Gasteiger partial charge in [0.05, 0.1) is 41.6 Å². The number of rotatable bonds is 10. The van der Waals surface area contributed by atoms with Crippen molar-refractivity contribution in [1.29, 1.82) is 0 Å². The van der Waals surface area contributed by atoms with Crippen molar-refractivity contribution in [2.45, 2.75) is 24.2 Å². The number of nitrogens with one attached hydrogen (secondary N) is 1. The standard InChI is InChI=1S/C32H27FN6O3S2/c1-42-27-11-6-5-10-24(27)31(41)34-19-29-35-36-32(38(29)23-8-3-2-4-9-23)44-20-30(40)39-26(21-13-15-22(33)16-14-21)18-25(37-39)28-12-7-17-43-28/h2-17,26H,18-20H2,1H3,(H,34,41)/t26-/m0/s1. The molecule has 9 nitrogen and oxygen atoms in total. The predicted octanol–water partition coefficient (Wildman–Crippen LogP) is 5.88. The number of hydrogen-bond donors (Lipinski definition) is 1. The highest BCUT2D eigenvalue weighted by atomic mass is 32.2. The molecule has 1 atom stereocenters. The molecule has 12 heteroatoms. The Balaban J connectivity index is 1.22. The molecule has 2 aromatic heterocycles. The SMILES string of the molecule is COc1ccccc1C(=O)NCc1nnc(SCC(=O)N2N=C(c3cccs3)C[C@H]2c2ccc(F)cc2)n1-c1ccccc1. The van der Waals surface area contributed by atoms with E-state index in [9.17, 15) is 14.0 Å². The normalized spacial score (nSPS) is 14.4. The topological polar surface area (TPSA) is 102 Å². The summed E-state index contributed by atoms with van der Waals surface area (Å²) >= 11 is 2.79. The second-order valence-corrected chi connectivity index (χ2v) is 11.7. The smallest absolute Gasteiger partial charge is 0.255 e. The maximum Gasteiger partial charge on any atom is 0.255 e. The molecule has 0 saturated carbocycles. The van der Waals surface area contributed by atoms with Crippen molar-refractivity contribution in [3.63, 3.8) is 0 Å². The highest BCUT2D eigenvalue weighted by molar-refractivity contribution is 7.99. The van der Waals surface area contributed by atoms with Crippen molar-refractivity contribution in [2.24, 2.45) is 5.10 Å². The maximum atomic E-state index is 13.7. The lowest BCUT2D eigenvalue weighted by Gasteiger charge is -2.22. The molecule has 0 radical (unpaired) electrons. The molecule has 0 saturated heterocycles. The van der Waals surface area contributed by atoms with Gasteiger partial charge in [0.2, 0.25) is 0 Å². The number of halogens is 1. The van der Waals surface area contributed by atoms with Gasteiger partial charge < -0.3 is 10.1 Å². The number of aromatic nitrogens is 3. The summed E-state index contributed by atoms with van der Waals surface area (Å²) in [5.41, 5.74) is 2.82. The molecule has 6 rings (SSSR count). The molecular formula is C32H27FN6O3S2. The van der Waals surface area contributed by atoms with E-state index in [0.29, 0.717) is 28.7 Å². The lowest BCUT2D eigenvalue weighted by molar-refractivity contribution is -0.130. The van der Waals surface area contributed by atoms with Crippen LogP contribution in [0.4, 0.5) is 4.39 Å². The zero-order valence-electron chi connectivity index (χ0n) is 23.6. The van der Waals surface area contributed by atoms with Gasteiger partial charge in [0.15, 0.2) is 11.0 Å². The molecule has 3 heterocycles. The van der Waals surface area contributed by atoms with E-state index in [4.69, 9.17) is 9.84 Å². The quantitative estimate of drug-likeness (QED) is 0.195. The first-order chi connectivity index (χ1) is 21.5. The molecule has 0 unspecified atom stereocenters. The van der Waals surface area contributed by atoms with Gasteiger partial charge in [-0.2, -0.15) is 5.10 Å². The first-order valence-electron chi connectivity index (χ1n) is 13.7. The minimum atomic E-state index is -0.353. The van der Waals surface area contributed by atoms with Crippen molar-refractivity contribution >= 4 is 40.6 Å². The molecule has 1 N–H and O–H groups in total. The summed E-state index contributed by atoms with van der Waals surface area (Å²) in [6.45, 7) is 0.0977. The van der Waals surface area contributed by atoms with Gasteiger partial charge in [-0.3, -0.25) is 14.2 Å². The second-order valence-electron chi connectivity index (χ2n) is 9.78. The van der Waals surface area contributed by atoms with Crippen molar-refractivity contribution in [3.05, 3.63) is 124 Å². The average molecular weight is 627 g/mol. The molecule has 0 spiro atoms. The number of thiophene rings is 1. The minimum absolute atomic E-state index is 0.0391. The number of ether oxygens (including phenoxy) is 1. The molecule has 1 aliphatic rings. The average Bonchev–Trinajstić information content (AvgIpc) is 3.83. The van der Waals surface area contributed by atoms with E-state index >= 15 is 0 Å². The van der Waals surface area contributed by atoms with Crippen LogP contribution in [0.5, 0.6) is 5.75 Å². The summed E-state index contributed by atoms with van der Waals surface area (Å²) in [4.78, 5) is 27.6. The Morgan fingerprint density at radius 1 is 1.00 bits per heavy atom. The van der Waals surface area contributed by atoms with Crippen LogP contribution in [-0.4, -0.2) is 50.2 Å². The van der Waals surface area contributed by atoms with Crippen LogP contribution in [0.25, 0.3) is 5.69 Å². The van der Waals surface area contributed by atoms with Crippen LogP contribution in [0, 0.1) is 5.82 Å². The van der Waals surface area contributed by atoms with E-state index in [-0.39, 0.29) is 36.0 Å². The minimum Gasteiger partial charge on any atom is -0.496 e. The maximum absolute atomic E-state index is 13.7. The summed E-state index contributed by atoms with van der Waals surface area (Å²) < 4.78 is 20.8. The third kappa shape index (κ3) is 6.26. The molecule has 2 amide bonds. The highest BCUT2D eigenvalue weighted by Crippen LogP contribution is 2.35. The number of carbonyl (C=O) groups excluding carboxylic acids is 2. The number of amides is 2. The largest absolute Gasteiger partial charge is 0.496 e. The van der Waals surface area contributed by atoms with Crippen molar-refractivity contribution in [1.82, 2.24) is 25.1 Å². The molecular weight excluding hydrogens is 600 g/mol. The van der Waals surface area contributed by atoms with Crippen molar-refractivity contribution in [3.8, 4) is 11.4 Å². The number of hydrazone groups is 1. The summed E-state index contributed by atoms with van der Waals surface area (Å²) in [5, 5.41) is 20.3. The predicted molar refractivity (Wildman–Crippen MR) is 168 cm³/mol. The second kappa shape index (κ2) is 13.2. The van der Waals surface area contributed by atoms with E-state index in [0.717, 1.165) is 21.8 Å². The van der Waals surface area contributed by atoms with E-state index in [2.05, 4.69) is 15.5 Å². The molecule has 0 bridgehead atoms. The number of nitrogens with zero attached hydrogens (tertiary/aromatic N) is 5. The third-order valence-electron chi connectivity index (χ3n) is 7.02. The fourth-order valence-corrected chi connectivity index (χ4v) is 6.44. The lowest BCUT2D eigenvalue weighted by Crippen LogP contribution is -2.28. The number of para-hydroxylation sites is 2. The fourth-order valence-electron chi connectivity index (χ4n) is 4.90. The van der Waals surface area contributed by atoms with Crippen molar-refractivity contribution in [2.75, 3.05) is 12.9 Å². The van der Waals surface area contributed by atoms with Gasteiger partial charge in [-0.15, -0.1) is 21.5 Å². The van der Waals surface area contributed by atoms with Crippen LogP contribution in [0.3, 0.4) is 0 Å². The number of carbonyl (C=O) groups is 2. The fraction of sp³-hybridized carbons (Fsp3) is 0.156. The van der Waals surface area contributed by atoms with Gasteiger partial charge in [0, 0.05) is 12.1 Å². The number of methoxy groups -OCH3 is 1. The Hall–Kier alpha value is -4.81. The Bertz CT molecular complexity index is 1790. The van der Waals surface area contributed by atoms with Crippen LogP contribution < -0.4 is 10.1 Å². The van der Waals surface area contributed by atoms with Crippen LogP contribution in [-0.2, 0) is 11.3 Å².